The van der Waals surface area contributed by atoms with Crippen LogP contribution in [0.1, 0.15) is 33.6 Å². The number of anilines is 1. The molecule has 0 bridgehead atoms. The van der Waals surface area contributed by atoms with Crippen LogP contribution in [0.25, 0.3) is 10.9 Å². The van der Waals surface area contributed by atoms with Gasteiger partial charge >= 0.3 is 0 Å². The summed E-state index contributed by atoms with van der Waals surface area (Å²) in [5.74, 6) is 1.68. The monoisotopic (exact) mass is 243 g/mol. The molecule has 1 heterocycles. The average molecular weight is 243 g/mol. The Balaban J connectivity index is 2.16. The quantitative estimate of drug-likeness (QED) is 0.866. The van der Waals surface area contributed by atoms with Gasteiger partial charge in [0.1, 0.15) is 12.1 Å². The summed E-state index contributed by atoms with van der Waals surface area (Å²) in [5.41, 5.74) is 0.991. The number of aromatic nitrogens is 2. The van der Waals surface area contributed by atoms with E-state index in [0.717, 1.165) is 29.1 Å². The molecule has 3 nitrogen and oxygen atoms in total. The standard InChI is InChI=1S/C15H21N3/c1-4-11(2)9-12(3)18-15-13-7-5-6-8-14(13)16-10-17-15/h5-8,10-12H,4,9H2,1-3H3,(H,16,17,18). The second-order valence-corrected chi connectivity index (χ2v) is 5.03. The molecule has 0 saturated heterocycles. The van der Waals surface area contributed by atoms with Crippen molar-refractivity contribution in [2.24, 2.45) is 5.92 Å². The molecule has 0 fully saturated rings. The first kappa shape index (κ1) is 12.8. The van der Waals surface area contributed by atoms with Gasteiger partial charge in [0.05, 0.1) is 5.52 Å². The lowest BCUT2D eigenvalue weighted by molar-refractivity contribution is 0.483. The van der Waals surface area contributed by atoms with Gasteiger partial charge in [-0.2, -0.15) is 0 Å². The minimum absolute atomic E-state index is 0.429. The van der Waals surface area contributed by atoms with Gasteiger partial charge in [0.2, 0.25) is 0 Å². The summed E-state index contributed by atoms with van der Waals surface area (Å²) >= 11 is 0. The zero-order valence-corrected chi connectivity index (χ0v) is 11.4. The van der Waals surface area contributed by atoms with Crippen molar-refractivity contribution in [1.29, 1.82) is 0 Å². The van der Waals surface area contributed by atoms with Crippen molar-refractivity contribution in [3.05, 3.63) is 30.6 Å². The minimum atomic E-state index is 0.429. The van der Waals surface area contributed by atoms with Gasteiger partial charge in [-0.1, -0.05) is 32.4 Å². The van der Waals surface area contributed by atoms with Crippen LogP contribution in [0.3, 0.4) is 0 Å². The predicted molar refractivity (Wildman–Crippen MR) is 76.7 cm³/mol. The zero-order chi connectivity index (χ0) is 13.0. The second kappa shape index (κ2) is 5.80. The number of hydrogen-bond acceptors (Lipinski definition) is 3. The molecule has 18 heavy (non-hydrogen) atoms. The van der Waals surface area contributed by atoms with E-state index in [-0.39, 0.29) is 0 Å². The molecule has 2 atom stereocenters. The lowest BCUT2D eigenvalue weighted by atomic mass is 10.0. The van der Waals surface area contributed by atoms with E-state index in [1.165, 1.54) is 6.42 Å². The highest BCUT2D eigenvalue weighted by molar-refractivity contribution is 5.88. The Morgan fingerprint density at radius 1 is 1.17 bits per heavy atom. The summed E-state index contributed by atoms with van der Waals surface area (Å²) in [5, 5.41) is 4.59. The number of nitrogens with zero attached hydrogens (tertiary/aromatic N) is 2. The number of hydrogen-bond donors (Lipinski definition) is 1. The Morgan fingerprint density at radius 2 is 1.94 bits per heavy atom. The summed E-state index contributed by atoms with van der Waals surface area (Å²) in [6.45, 7) is 6.73. The summed E-state index contributed by atoms with van der Waals surface area (Å²) in [6, 6.07) is 8.53. The molecule has 0 radical (unpaired) electrons. The van der Waals surface area contributed by atoms with Gasteiger partial charge in [0.15, 0.2) is 0 Å². The smallest absolute Gasteiger partial charge is 0.137 e. The predicted octanol–water partition coefficient (Wildman–Crippen LogP) is 3.87. The first-order valence-corrected chi connectivity index (χ1v) is 6.67. The molecule has 0 amide bonds. The highest BCUT2D eigenvalue weighted by Crippen LogP contribution is 2.20. The fourth-order valence-electron chi connectivity index (χ4n) is 2.18. The number of benzene rings is 1. The first-order valence-electron chi connectivity index (χ1n) is 6.67. The first-order chi connectivity index (χ1) is 8.70. The van der Waals surface area contributed by atoms with Crippen molar-refractivity contribution in [3.63, 3.8) is 0 Å². The molecule has 0 aliphatic heterocycles. The lowest BCUT2D eigenvalue weighted by Crippen LogP contribution is -2.19. The maximum Gasteiger partial charge on any atom is 0.137 e. The second-order valence-electron chi connectivity index (χ2n) is 5.03. The minimum Gasteiger partial charge on any atom is -0.367 e. The van der Waals surface area contributed by atoms with E-state index in [9.17, 15) is 0 Å². The number of rotatable bonds is 5. The summed E-state index contributed by atoms with van der Waals surface area (Å²) in [7, 11) is 0. The summed E-state index contributed by atoms with van der Waals surface area (Å²) in [6.07, 6.45) is 4.01. The molecule has 2 unspecified atom stereocenters. The van der Waals surface area contributed by atoms with Gasteiger partial charge in [-0.15, -0.1) is 0 Å². The van der Waals surface area contributed by atoms with Crippen molar-refractivity contribution >= 4 is 16.7 Å². The largest absolute Gasteiger partial charge is 0.367 e. The van der Waals surface area contributed by atoms with Crippen LogP contribution in [-0.4, -0.2) is 16.0 Å². The van der Waals surface area contributed by atoms with Crippen molar-refractivity contribution in [3.8, 4) is 0 Å². The SMILES string of the molecule is CCC(C)CC(C)Nc1ncnc2ccccc12. The summed E-state index contributed by atoms with van der Waals surface area (Å²) in [4.78, 5) is 8.63. The van der Waals surface area contributed by atoms with E-state index < -0.39 is 0 Å². The topological polar surface area (TPSA) is 37.8 Å². The number of para-hydroxylation sites is 1. The highest BCUT2D eigenvalue weighted by atomic mass is 15.0. The molecule has 1 aromatic carbocycles. The van der Waals surface area contributed by atoms with Crippen LogP contribution in [0.15, 0.2) is 30.6 Å². The Bertz CT molecular complexity index is 505. The van der Waals surface area contributed by atoms with E-state index in [1.54, 1.807) is 6.33 Å². The molecular formula is C15H21N3. The molecule has 0 saturated carbocycles. The molecule has 3 heteroatoms. The van der Waals surface area contributed by atoms with Gasteiger partial charge in [0, 0.05) is 11.4 Å². The van der Waals surface area contributed by atoms with E-state index in [1.807, 2.05) is 18.2 Å². The molecule has 0 aliphatic rings. The maximum atomic E-state index is 4.36. The van der Waals surface area contributed by atoms with Crippen LogP contribution in [0.5, 0.6) is 0 Å². The normalized spacial score (nSPS) is 14.4. The highest BCUT2D eigenvalue weighted by Gasteiger charge is 2.09. The van der Waals surface area contributed by atoms with Gasteiger partial charge in [0.25, 0.3) is 0 Å². The van der Waals surface area contributed by atoms with Gasteiger partial charge < -0.3 is 5.32 Å². The Morgan fingerprint density at radius 3 is 2.72 bits per heavy atom. The van der Waals surface area contributed by atoms with Crippen LogP contribution in [-0.2, 0) is 0 Å². The van der Waals surface area contributed by atoms with Crippen molar-refractivity contribution < 1.29 is 0 Å². The molecule has 0 spiro atoms. The molecule has 2 aromatic rings. The van der Waals surface area contributed by atoms with Crippen molar-refractivity contribution in [1.82, 2.24) is 9.97 Å². The van der Waals surface area contributed by atoms with Crippen LogP contribution < -0.4 is 5.32 Å². The molecule has 1 N–H and O–H groups in total. The van der Waals surface area contributed by atoms with E-state index in [2.05, 4.69) is 42.1 Å². The zero-order valence-electron chi connectivity index (χ0n) is 11.4. The number of fused-ring (bicyclic) bond motifs is 1. The molecular weight excluding hydrogens is 222 g/mol. The lowest BCUT2D eigenvalue weighted by Gasteiger charge is -2.18. The fraction of sp³-hybridized carbons (Fsp3) is 0.467. The third-order valence-electron chi connectivity index (χ3n) is 3.38. The van der Waals surface area contributed by atoms with Crippen LogP contribution in [0.4, 0.5) is 5.82 Å². The molecule has 96 valence electrons. The van der Waals surface area contributed by atoms with Crippen molar-refractivity contribution in [2.45, 2.75) is 39.7 Å². The molecule has 1 aromatic heterocycles. The van der Waals surface area contributed by atoms with Gasteiger partial charge in [-0.3, -0.25) is 0 Å². The third kappa shape index (κ3) is 2.97. The van der Waals surface area contributed by atoms with Gasteiger partial charge in [-0.25, -0.2) is 9.97 Å². The average Bonchev–Trinajstić information content (AvgIpc) is 2.39. The fourth-order valence-corrected chi connectivity index (χ4v) is 2.18. The third-order valence-corrected chi connectivity index (χ3v) is 3.38. The maximum absolute atomic E-state index is 4.36. The van der Waals surface area contributed by atoms with Crippen LogP contribution in [0.2, 0.25) is 0 Å². The Labute approximate surface area is 109 Å². The van der Waals surface area contributed by atoms with Crippen molar-refractivity contribution in [2.75, 3.05) is 5.32 Å². The van der Waals surface area contributed by atoms with E-state index >= 15 is 0 Å². The van der Waals surface area contributed by atoms with Crippen LogP contribution in [0, 0.1) is 5.92 Å². The van der Waals surface area contributed by atoms with Gasteiger partial charge in [-0.05, 0) is 31.4 Å². The van der Waals surface area contributed by atoms with E-state index in [4.69, 9.17) is 0 Å². The van der Waals surface area contributed by atoms with Crippen LogP contribution >= 0.6 is 0 Å². The molecule has 0 aliphatic carbocycles. The molecule has 2 rings (SSSR count). The Hall–Kier alpha value is -1.64. The van der Waals surface area contributed by atoms with E-state index in [0.29, 0.717) is 6.04 Å². The Kier molecular flexibility index (Phi) is 4.13. The number of nitrogens with one attached hydrogen (secondary N) is 1. The summed E-state index contributed by atoms with van der Waals surface area (Å²) < 4.78 is 0.